The second-order valence-electron chi connectivity index (χ2n) is 10.9. The van der Waals surface area contributed by atoms with Crippen LogP contribution in [0.15, 0.2) is 72.8 Å². The van der Waals surface area contributed by atoms with Crippen LogP contribution in [0.2, 0.25) is 0 Å². The monoisotopic (exact) mass is 477 g/mol. The van der Waals surface area contributed by atoms with Crippen LogP contribution in [0.4, 0.5) is 13.2 Å². The molecule has 3 nitrogen and oxygen atoms in total. The first-order valence-corrected chi connectivity index (χ1v) is 11.6. The van der Waals surface area contributed by atoms with E-state index in [9.17, 15) is 13.2 Å². The first-order valence-electron chi connectivity index (χ1n) is 11.6. The SMILES string of the molecule is CC(C)(C)c1cccc(-c2cc(C(C)(C)C)cc(-c3cc(C(F)(F)F)n(-c4ccccc4)n3)n2)c1. The third-order valence-corrected chi connectivity index (χ3v) is 5.98. The topological polar surface area (TPSA) is 30.7 Å². The van der Waals surface area contributed by atoms with Gasteiger partial charge in [-0.05, 0) is 58.4 Å². The van der Waals surface area contributed by atoms with Crippen molar-refractivity contribution in [2.24, 2.45) is 0 Å². The van der Waals surface area contributed by atoms with Crippen LogP contribution in [-0.4, -0.2) is 14.8 Å². The Bertz CT molecular complexity index is 1340. The number of nitrogens with zero attached hydrogens (tertiary/aromatic N) is 3. The molecule has 0 amide bonds. The molecule has 0 aliphatic carbocycles. The van der Waals surface area contributed by atoms with Gasteiger partial charge in [0.15, 0.2) is 0 Å². The molecule has 0 radical (unpaired) electrons. The molecule has 4 aromatic rings. The Morgan fingerprint density at radius 3 is 1.86 bits per heavy atom. The van der Waals surface area contributed by atoms with E-state index in [1.165, 1.54) is 0 Å². The molecule has 0 bridgehead atoms. The lowest BCUT2D eigenvalue weighted by atomic mass is 9.84. The summed E-state index contributed by atoms with van der Waals surface area (Å²) in [4.78, 5) is 4.80. The first-order chi connectivity index (χ1) is 16.2. The summed E-state index contributed by atoms with van der Waals surface area (Å²) in [6.45, 7) is 12.7. The van der Waals surface area contributed by atoms with Crippen molar-refractivity contribution in [1.82, 2.24) is 14.8 Å². The molecule has 182 valence electrons. The van der Waals surface area contributed by atoms with Gasteiger partial charge in [-0.25, -0.2) is 9.67 Å². The molecule has 0 unspecified atom stereocenters. The van der Waals surface area contributed by atoms with Crippen molar-refractivity contribution in [3.8, 4) is 28.3 Å². The molecule has 4 rings (SSSR count). The number of para-hydroxylation sites is 1. The maximum absolute atomic E-state index is 14.0. The molecule has 35 heavy (non-hydrogen) atoms. The second kappa shape index (κ2) is 8.67. The molecule has 0 saturated carbocycles. The quantitative estimate of drug-likeness (QED) is 0.298. The van der Waals surface area contributed by atoms with Crippen LogP contribution < -0.4 is 0 Å². The van der Waals surface area contributed by atoms with Gasteiger partial charge >= 0.3 is 6.18 Å². The third kappa shape index (κ3) is 5.31. The minimum absolute atomic E-state index is 0.0451. The van der Waals surface area contributed by atoms with Crippen LogP contribution >= 0.6 is 0 Å². The molecule has 2 aromatic carbocycles. The molecular weight excluding hydrogens is 447 g/mol. The van der Waals surface area contributed by atoms with Crippen molar-refractivity contribution in [3.05, 3.63) is 89.6 Å². The van der Waals surface area contributed by atoms with Crippen LogP contribution in [0.5, 0.6) is 0 Å². The van der Waals surface area contributed by atoms with Crippen LogP contribution in [0.25, 0.3) is 28.3 Å². The number of alkyl halides is 3. The molecule has 2 aromatic heterocycles. The number of benzene rings is 2. The van der Waals surface area contributed by atoms with Gasteiger partial charge in [-0.2, -0.15) is 18.3 Å². The minimum Gasteiger partial charge on any atom is -0.246 e. The Labute approximate surface area is 204 Å². The highest BCUT2D eigenvalue weighted by molar-refractivity contribution is 5.67. The predicted octanol–water partition coefficient (Wildman–Crippen LogP) is 8.22. The Kier molecular flexibility index (Phi) is 6.12. The van der Waals surface area contributed by atoms with Crippen molar-refractivity contribution >= 4 is 0 Å². The molecule has 0 atom stereocenters. The molecule has 0 aliphatic rings. The zero-order valence-electron chi connectivity index (χ0n) is 20.9. The Balaban J connectivity index is 1.93. The second-order valence-corrected chi connectivity index (χ2v) is 10.9. The molecule has 0 N–H and O–H groups in total. The van der Waals surface area contributed by atoms with E-state index in [0.29, 0.717) is 17.1 Å². The van der Waals surface area contributed by atoms with Crippen molar-refractivity contribution in [2.75, 3.05) is 0 Å². The zero-order valence-corrected chi connectivity index (χ0v) is 20.9. The summed E-state index contributed by atoms with van der Waals surface area (Å²) in [5, 5.41) is 4.37. The summed E-state index contributed by atoms with van der Waals surface area (Å²) in [6.07, 6.45) is -4.56. The number of halogens is 3. The Morgan fingerprint density at radius 1 is 0.629 bits per heavy atom. The first kappa shape index (κ1) is 24.7. The van der Waals surface area contributed by atoms with Gasteiger partial charge in [0.1, 0.15) is 11.4 Å². The molecule has 0 saturated heterocycles. The lowest BCUT2D eigenvalue weighted by Gasteiger charge is -2.22. The largest absolute Gasteiger partial charge is 0.433 e. The lowest BCUT2D eigenvalue weighted by molar-refractivity contribution is -0.142. The Morgan fingerprint density at radius 2 is 1.26 bits per heavy atom. The minimum atomic E-state index is -4.56. The number of aromatic nitrogens is 3. The maximum atomic E-state index is 14.0. The van der Waals surface area contributed by atoms with Gasteiger partial charge in [0.25, 0.3) is 0 Å². The van der Waals surface area contributed by atoms with Crippen LogP contribution in [0, 0.1) is 0 Å². The van der Waals surface area contributed by atoms with Gasteiger partial charge in [-0.3, -0.25) is 0 Å². The van der Waals surface area contributed by atoms with Gasteiger partial charge in [-0.15, -0.1) is 0 Å². The van der Waals surface area contributed by atoms with E-state index in [4.69, 9.17) is 4.98 Å². The average molecular weight is 478 g/mol. The molecule has 0 spiro atoms. The van der Waals surface area contributed by atoms with E-state index in [-0.39, 0.29) is 16.5 Å². The van der Waals surface area contributed by atoms with Gasteiger partial charge in [-0.1, -0.05) is 77.9 Å². The van der Waals surface area contributed by atoms with Crippen molar-refractivity contribution < 1.29 is 13.2 Å². The van der Waals surface area contributed by atoms with Crippen LogP contribution in [0.1, 0.15) is 58.4 Å². The van der Waals surface area contributed by atoms with Crippen molar-refractivity contribution in [1.29, 1.82) is 0 Å². The summed E-state index contributed by atoms with van der Waals surface area (Å²) >= 11 is 0. The van der Waals surface area contributed by atoms with E-state index < -0.39 is 11.9 Å². The lowest BCUT2D eigenvalue weighted by Crippen LogP contribution is -2.13. The number of hydrogen-bond acceptors (Lipinski definition) is 2. The average Bonchev–Trinajstić information content (AvgIpc) is 3.25. The van der Waals surface area contributed by atoms with Crippen molar-refractivity contribution in [3.63, 3.8) is 0 Å². The van der Waals surface area contributed by atoms with Gasteiger partial charge in [0.05, 0.1) is 17.1 Å². The summed E-state index contributed by atoms with van der Waals surface area (Å²) < 4.78 is 42.8. The van der Waals surface area contributed by atoms with E-state index in [2.05, 4.69) is 58.8 Å². The van der Waals surface area contributed by atoms with Crippen LogP contribution in [0.3, 0.4) is 0 Å². The summed E-state index contributed by atoms with van der Waals surface area (Å²) in [6, 6.07) is 21.4. The third-order valence-electron chi connectivity index (χ3n) is 5.98. The van der Waals surface area contributed by atoms with Crippen molar-refractivity contribution in [2.45, 2.75) is 58.5 Å². The molecular formula is C29H30F3N3. The van der Waals surface area contributed by atoms with E-state index in [1.54, 1.807) is 30.3 Å². The van der Waals surface area contributed by atoms with Crippen LogP contribution in [-0.2, 0) is 17.0 Å². The fourth-order valence-corrected chi connectivity index (χ4v) is 3.86. The van der Waals surface area contributed by atoms with Gasteiger partial charge < -0.3 is 0 Å². The number of rotatable bonds is 3. The molecule has 0 fully saturated rings. The smallest absolute Gasteiger partial charge is 0.246 e. The maximum Gasteiger partial charge on any atom is 0.433 e. The van der Waals surface area contributed by atoms with E-state index >= 15 is 0 Å². The summed E-state index contributed by atoms with van der Waals surface area (Å²) in [5.74, 6) is 0. The molecule has 2 heterocycles. The summed E-state index contributed by atoms with van der Waals surface area (Å²) in [7, 11) is 0. The number of pyridine rings is 1. The normalized spacial score (nSPS) is 12.7. The zero-order chi connectivity index (χ0) is 25.6. The predicted molar refractivity (Wildman–Crippen MR) is 135 cm³/mol. The fraction of sp³-hybridized carbons (Fsp3) is 0.310. The fourth-order valence-electron chi connectivity index (χ4n) is 3.86. The Hall–Kier alpha value is -3.41. The molecule has 0 aliphatic heterocycles. The highest BCUT2D eigenvalue weighted by Crippen LogP contribution is 2.36. The highest BCUT2D eigenvalue weighted by Gasteiger charge is 2.37. The van der Waals surface area contributed by atoms with Gasteiger partial charge in [0, 0.05) is 5.56 Å². The van der Waals surface area contributed by atoms with Gasteiger partial charge in [0.2, 0.25) is 0 Å². The van der Waals surface area contributed by atoms with E-state index in [0.717, 1.165) is 27.4 Å². The molecule has 6 heteroatoms. The highest BCUT2D eigenvalue weighted by atomic mass is 19.4. The number of hydrogen-bond donors (Lipinski definition) is 0. The standard InChI is InChI=1S/C29H30F3N3/c1-27(2,3)20-12-10-11-19(15-20)23-16-21(28(4,5)6)17-24(33-23)25-18-26(29(30,31)32)35(34-25)22-13-8-7-9-14-22/h7-18H,1-6H3. The van der Waals surface area contributed by atoms with E-state index in [1.807, 2.05) is 24.3 Å². The summed E-state index contributed by atoms with van der Waals surface area (Å²) in [5.41, 5.74) is 3.58.